The van der Waals surface area contributed by atoms with Crippen molar-refractivity contribution in [1.82, 2.24) is 5.32 Å². The third-order valence-corrected chi connectivity index (χ3v) is 4.51. The van der Waals surface area contributed by atoms with Crippen LogP contribution in [0, 0.1) is 0 Å². The van der Waals surface area contributed by atoms with Crippen LogP contribution in [0.4, 0.5) is 0 Å². The van der Waals surface area contributed by atoms with Crippen molar-refractivity contribution in [2.45, 2.75) is 30.4 Å². The van der Waals surface area contributed by atoms with E-state index in [4.69, 9.17) is 0 Å². The lowest BCUT2D eigenvalue weighted by molar-refractivity contribution is 0.0821. The molecule has 0 fully saturated rings. The van der Waals surface area contributed by atoms with Gasteiger partial charge in [0.05, 0.1) is 5.60 Å². The molecule has 1 rings (SSSR count). The van der Waals surface area contributed by atoms with Crippen LogP contribution >= 0.6 is 23.5 Å². The van der Waals surface area contributed by atoms with E-state index in [2.05, 4.69) is 42.8 Å². The maximum Gasteiger partial charge on any atom is 0.0833 e. The Kier molecular flexibility index (Phi) is 6.57. The minimum atomic E-state index is -0.646. The number of thioether (sulfide) groups is 2. The molecule has 0 spiro atoms. The molecule has 0 aliphatic rings. The van der Waals surface area contributed by atoms with Gasteiger partial charge in [-0.2, -0.15) is 11.8 Å². The quantitative estimate of drug-likeness (QED) is 0.754. The lowest BCUT2D eigenvalue weighted by Crippen LogP contribution is -2.40. The van der Waals surface area contributed by atoms with E-state index in [9.17, 15) is 5.11 Å². The molecule has 2 unspecified atom stereocenters. The summed E-state index contributed by atoms with van der Waals surface area (Å²) >= 11 is 3.42. The Morgan fingerprint density at radius 2 is 1.89 bits per heavy atom. The zero-order valence-corrected chi connectivity index (χ0v) is 13.2. The highest BCUT2D eigenvalue weighted by Crippen LogP contribution is 2.19. The highest BCUT2D eigenvalue weighted by molar-refractivity contribution is 7.98. The first kappa shape index (κ1) is 15.9. The topological polar surface area (TPSA) is 32.3 Å². The predicted molar refractivity (Wildman–Crippen MR) is 83.6 cm³/mol. The first-order valence-electron chi connectivity index (χ1n) is 6.07. The van der Waals surface area contributed by atoms with E-state index in [1.54, 1.807) is 23.5 Å². The Balaban J connectivity index is 2.51. The Labute approximate surface area is 119 Å². The molecular weight excluding hydrogens is 262 g/mol. The normalized spacial score (nSPS) is 16.3. The molecule has 2 atom stereocenters. The highest BCUT2D eigenvalue weighted by Gasteiger charge is 2.20. The van der Waals surface area contributed by atoms with Crippen LogP contribution in [0.25, 0.3) is 0 Å². The summed E-state index contributed by atoms with van der Waals surface area (Å²) in [7, 11) is 0. The van der Waals surface area contributed by atoms with Crippen LogP contribution in [0.3, 0.4) is 0 Å². The largest absolute Gasteiger partial charge is 0.388 e. The molecule has 1 aromatic rings. The average molecular weight is 285 g/mol. The van der Waals surface area contributed by atoms with Gasteiger partial charge in [-0.1, -0.05) is 12.1 Å². The van der Waals surface area contributed by atoms with Crippen LogP contribution in [0.1, 0.15) is 25.5 Å². The van der Waals surface area contributed by atoms with Crippen LogP contribution in [0.2, 0.25) is 0 Å². The molecule has 2 N–H and O–H groups in total. The van der Waals surface area contributed by atoms with Crippen LogP contribution in [0.15, 0.2) is 29.2 Å². The fourth-order valence-electron chi connectivity index (χ4n) is 1.75. The van der Waals surface area contributed by atoms with E-state index in [0.29, 0.717) is 6.54 Å². The molecular formula is C14H23NOS2. The first-order valence-corrected chi connectivity index (χ1v) is 8.69. The molecule has 0 aromatic heterocycles. The Hall–Kier alpha value is -0.160. The van der Waals surface area contributed by atoms with Crippen molar-refractivity contribution >= 4 is 23.5 Å². The molecule has 18 heavy (non-hydrogen) atoms. The van der Waals surface area contributed by atoms with E-state index in [0.717, 1.165) is 5.75 Å². The summed E-state index contributed by atoms with van der Waals surface area (Å²) < 4.78 is 0. The maximum atomic E-state index is 10.1. The lowest BCUT2D eigenvalue weighted by atomic mass is 10.1. The summed E-state index contributed by atoms with van der Waals surface area (Å²) in [6, 6.07) is 8.82. The molecule has 4 heteroatoms. The zero-order chi connectivity index (χ0) is 13.6. The average Bonchev–Trinajstić information content (AvgIpc) is 2.36. The van der Waals surface area contributed by atoms with Crippen LogP contribution in [0.5, 0.6) is 0 Å². The molecule has 0 saturated heterocycles. The SMILES string of the molecule is CSCC(C)(O)CNC(C)c1ccc(SC)cc1. The Morgan fingerprint density at radius 3 is 2.39 bits per heavy atom. The van der Waals surface area contributed by atoms with Crippen molar-refractivity contribution in [2.24, 2.45) is 0 Å². The molecule has 1 aromatic carbocycles. The minimum absolute atomic E-state index is 0.259. The lowest BCUT2D eigenvalue weighted by Gasteiger charge is -2.25. The monoisotopic (exact) mass is 285 g/mol. The van der Waals surface area contributed by atoms with Gasteiger partial charge < -0.3 is 10.4 Å². The molecule has 0 aliphatic heterocycles. The molecule has 0 aliphatic carbocycles. The van der Waals surface area contributed by atoms with Gasteiger partial charge in [0, 0.05) is 23.2 Å². The van der Waals surface area contributed by atoms with Gasteiger partial charge in [0.2, 0.25) is 0 Å². The third-order valence-electron chi connectivity index (χ3n) is 2.86. The summed E-state index contributed by atoms with van der Waals surface area (Å²) in [4.78, 5) is 1.28. The van der Waals surface area contributed by atoms with Crippen molar-refractivity contribution in [2.75, 3.05) is 24.8 Å². The number of benzene rings is 1. The summed E-state index contributed by atoms with van der Waals surface area (Å²) in [5.74, 6) is 0.748. The summed E-state index contributed by atoms with van der Waals surface area (Å²) in [6.45, 7) is 4.61. The summed E-state index contributed by atoms with van der Waals surface area (Å²) in [6.07, 6.45) is 4.09. The van der Waals surface area contributed by atoms with Gasteiger partial charge in [-0.05, 0) is 44.1 Å². The fraction of sp³-hybridized carbons (Fsp3) is 0.571. The zero-order valence-electron chi connectivity index (χ0n) is 11.6. The van der Waals surface area contributed by atoms with E-state index < -0.39 is 5.60 Å². The standard InChI is InChI=1S/C14H23NOS2/c1-11(15-9-14(2,16)10-17-3)12-5-7-13(18-4)8-6-12/h5-8,11,15-16H,9-10H2,1-4H3. The number of rotatable bonds is 7. The van der Waals surface area contributed by atoms with Crippen LogP contribution in [-0.4, -0.2) is 35.5 Å². The molecule has 0 amide bonds. The van der Waals surface area contributed by atoms with E-state index in [1.165, 1.54) is 10.5 Å². The molecule has 102 valence electrons. The molecule has 0 radical (unpaired) electrons. The van der Waals surface area contributed by atoms with Crippen molar-refractivity contribution in [1.29, 1.82) is 0 Å². The number of hydrogen-bond acceptors (Lipinski definition) is 4. The Morgan fingerprint density at radius 1 is 1.28 bits per heavy atom. The van der Waals surface area contributed by atoms with E-state index in [1.807, 2.05) is 13.2 Å². The number of aliphatic hydroxyl groups is 1. The van der Waals surface area contributed by atoms with Gasteiger partial charge >= 0.3 is 0 Å². The second kappa shape index (κ2) is 7.43. The van der Waals surface area contributed by atoms with Crippen molar-refractivity contribution in [3.63, 3.8) is 0 Å². The fourth-order valence-corrected chi connectivity index (χ4v) is 2.88. The molecule has 0 saturated carbocycles. The summed E-state index contributed by atoms with van der Waals surface area (Å²) in [5.41, 5.74) is 0.611. The Bertz CT molecular complexity index is 351. The van der Waals surface area contributed by atoms with Gasteiger partial charge in [-0.25, -0.2) is 0 Å². The third kappa shape index (κ3) is 5.22. The smallest absolute Gasteiger partial charge is 0.0833 e. The van der Waals surface area contributed by atoms with Gasteiger partial charge in [-0.15, -0.1) is 11.8 Å². The van der Waals surface area contributed by atoms with Crippen LogP contribution in [-0.2, 0) is 0 Å². The minimum Gasteiger partial charge on any atom is -0.388 e. The van der Waals surface area contributed by atoms with Crippen molar-refractivity contribution < 1.29 is 5.11 Å². The van der Waals surface area contributed by atoms with E-state index in [-0.39, 0.29) is 6.04 Å². The number of nitrogens with one attached hydrogen (secondary N) is 1. The van der Waals surface area contributed by atoms with Crippen molar-refractivity contribution in [3.05, 3.63) is 29.8 Å². The second-order valence-corrected chi connectivity index (χ2v) is 6.55. The summed E-state index contributed by atoms with van der Waals surface area (Å²) in [5, 5.41) is 13.5. The number of hydrogen-bond donors (Lipinski definition) is 2. The molecule has 0 bridgehead atoms. The van der Waals surface area contributed by atoms with Crippen LogP contribution < -0.4 is 5.32 Å². The van der Waals surface area contributed by atoms with Crippen molar-refractivity contribution in [3.8, 4) is 0 Å². The van der Waals surface area contributed by atoms with E-state index >= 15 is 0 Å². The van der Waals surface area contributed by atoms with Gasteiger partial charge in [0.15, 0.2) is 0 Å². The molecule has 2 nitrogen and oxygen atoms in total. The van der Waals surface area contributed by atoms with Gasteiger partial charge in [0.25, 0.3) is 0 Å². The van der Waals surface area contributed by atoms with Gasteiger partial charge in [-0.3, -0.25) is 0 Å². The first-order chi connectivity index (χ1) is 8.48. The van der Waals surface area contributed by atoms with Gasteiger partial charge in [0.1, 0.15) is 0 Å². The second-order valence-electron chi connectivity index (χ2n) is 4.81. The highest BCUT2D eigenvalue weighted by atomic mass is 32.2. The maximum absolute atomic E-state index is 10.1. The predicted octanol–water partition coefficient (Wildman–Crippen LogP) is 3.17. The molecule has 0 heterocycles.